The lowest BCUT2D eigenvalue weighted by atomic mass is 9.91. The second-order valence-corrected chi connectivity index (χ2v) is 5.32. The average molecular weight is 241 g/mol. The monoisotopic (exact) mass is 241 g/mol. The van der Waals surface area contributed by atoms with E-state index in [0.717, 1.165) is 32.8 Å². The van der Waals surface area contributed by atoms with Crippen molar-refractivity contribution in [1.29, 1.82) is 0 Å². The molecule has 1 aliphatic carbocycles. The molecule has 1 saturated carbocycles. The molecule has 3 N–H and O–H groups in total. The molecule has 0 bridgehead atoms. The van der Waals surface area contributed by atoms with Crippen LogP contribution >= 0.6 is 0 Å². The molecule has 1 heterocycles. The Kier molecular flexibility index (Phi) is 5.71. The quantitative estimate of drug-likeness (QED) is 0.691. The molecule has 4 heteroatoms. The Morgan fingerprint density at radius 2 is 1.94 bits per heavy atom. The van der Waals surface area contributed by atoms with E-state index < -0.39 is 0 Å². The van der Waals surface area contributed by atoms with Gasteiger partial charge in [-0.05, 0) is 32.4 Å². The molecule has 0 unspecified atom stereocenters. The van der Waals surface area contributed by atoms with Crippen molar-refractivity contribution in [3.8, 4) is 0 Å². The molecule has 2 atom stereocenters. The first-order valence-corrected chi connectivity index (χ1v) is 7.15. The van der Waals surface area contributed by atoms with E-state index in [2.05, 4.69) is 10.2 Å². The van der Waals surface area contributed by atoms with E-state index in [-0.39, 0.29) is 0 Å². The highest BCUT2D eigenvalue weighted by atomic mass is 16.5. The fraction of sp³-hybridized carbons (Fsp3) is 1.00. The summed E-state index contributed by atoms with van der Waals surface area (Å²) >= 11 is 0. The minimum absolute atomic E-state index is 0.382. The van der Waals surface area contributed by atoms with Gasteiger partial charge in [0.25, 0.3) is 0 Å². The number of ether oxygens (including phenoxy) is 1. The molecule has 2 aliphatic rings. The summed E-state index contributed by atoms with van der Waals surface area (Å²) in [5.74, 6) is 0. The first-order valence-electron chi connectivity index (χ1n) is 7.15. The Morgan fingerprint density at radius 1 is 1.18 bits per heavy atom. The molecule has 100 valence electrons. The summed E-state index contributed by atoms with van der Waals surface area (Å²) in [5, 5.41) is 3.63. The lowest BCUT2D eigenvalue weighted by Gasteiger charge is -2.30. The second kappa shape index (κ2) is 7.31. The fourth-order valence-electron chi connectivity index (χ4n) is 2.83. The molecular formula is C13H27N3O. The van der Waals surface area contributed by atoms with Gasteiger partial charge in [0, 0.05) is 25.2 Å². The molecule has 2 rings (SSSR count). The van der Waals surface area contributed by atoms with Gasteiger partial charge in [-0.2, -0.15) is 0 Å². The molecule has 0 aromatic carbocycles. The minimum atomic E-state index is 0.382. The van der Waals surface area contributed by atoms with Gasteiger partial charge in [-0.25, -0.2) is 0 Å². The average Bonchev–Trinajstić information content (AvgIpc) is 2.38. The van der Waals surface area contributed by atoms with Gasteiger partial charge in [-0.1, -0.05) is 12.8 Å². The minimum Gasteiger partial charge on any atom is -0.379 e. The summed E-state index contributed by atoms with van der Waals surface area (Å²) in [7, 11) is 0. The van der Waals surface area contributed by atoms with Crippen LogP contribution in [0.2, 0.25) is 0 Å². The second-order valence-electron chi connectivity index (χ2n) is 5.32. The Hall–Kier alpha value is -0.160. The van der Waals surface area contributed by atoms with E-state index in [9.17, 15) is 0 Å². The highest BCUT2D eigenvalue weighted by Crippen LogP contribution is 2.16. The van der Waals surface area contributed by atoms with Gasteiger partial charge in [-0.3, -0.25) is 4.90 Å². The highest BCUT2D eigenvalue weighted by Gasteiger charge is 2.20. The van der Waals surface area contributed by atoms with Crippen LogP contribution in [0.1, 0.15) is 32.1 Å². The van der Waals surface area contributed by atoms with Crippen molar-refractivity contribution in [2.75, 3.05) is 39.4 Å². The summed E-state index contributed by atoms with van der Waals surface area (Å²) < 4.78 is 5.34. The Balaban J connectivity index is 1.53. The number of rotatable bonds is 5. The summed E-state index contributed by atoms with van der Waals surface area (Å²) in [6.45, 7) is 6.31. The van der Waals surface area contributed by atoms with Gasteiger partial charge >= 0.3 is 0 Å². The Morgan fingerprint density at radius 3 is 2.71 bits per heavy atom. The van der Waals surface area contributed by atoms with Crippen LogP contribution in [0.15, 0.2) is 0 Å². The van der Waals surface area contributed by atoms with Crippen molar-refractivity contribution in [2.45, 2.75) is 44.2 Å². The molecule has 2 fully saturated rings. The van der Waals surface area contributed by atoms with Crippen LogP contribution in [-0.4, -0.2) is 56.4 Å². The van der Waals surface area contributed by atoms with Gasteiger partial charge in [0.1, 0.15) is 0 Å². The van der Waals surface area contributed by atoms with E-state index in [1.54, 1.807) is 0 Å². The standard InChI is InChI=1S/C13H27N3O/c14-12-4-1-2-5-13(12)15-6-3-7-16-8-10-17-11-9-16/h12-13,15H,1-11,14H2/t12-,13-/m0/s1. The molecule has 0 radical (unpaired) electrons. The van der Waals surface area contributed by atoms with Crippen LogP contribution in [0.3, 0.4) is 0 Å². The first kappa shape index (κ1) is 13.3. The molecule has 1 saturated heterocycles. The van der Waals surface area contributed by atoms with Crippen LogP contribution < -0.4 is 11.1 Å². The normalized spacial score (nSPS) is 31.6. The Labute approximate surface area is 105 Å². The summed E-state index contributed by atoms with van der Waals surface area (Å²) in [6.07, 6.45) is 6.34. The van der Waals surface area contributed by atoms with Crippen LogP contribution in [0, 0.1) is 0 Å². The van der Waals surface area contributed by atoms with Gasteiger partial charge in [0.15, 0.2) is 0 Å². The maximum atomic E-state index is 6.11. The van der Waals surface area contributed by atoms with Gasteiger partial charge < -0.3 is 15.8 Å². The maximum absolute atomic E-state index is 6.11. The SMILES string of the molecule is N[C@H]1CCCC[C@@H]1NCCCN1CCOCC1. The third-order valence-electron chi connectivity index (χ3n) is 3.98. The number of nitrogens with zero attached hydrogens (tertiary/aromatic N) is 1. The lowest BCUT2D eigenvalue weighted by molar-refractivity contribution is 0.0373. The lowest BCUT2D eigenvalue weighted by Crippen LogP contribution is -2.47. The molecule has 0 amide bonds. The summed E-state index contributed by atoms with van der Waals surface area (Å²) in [5.41, 5.74) is 6.11. The number of nitrogens with two attached hydrogens (primary N) is 1. The number of morpholine rings is 1. The zero-order chi connectivity index (χ0) is 11.9. The Bertz CT molecular complexity index is 207. The van der Waals surface area contributed by atoms with Crippen molar-refractivity contribution in [1.82, 2.24) is 10.2 Å². The third kappa shape index (κ3) is 4.54. The van der Waals surface area contributed by atoms with Crippen molar-refractivity contribution in [2.24, 2.45) is 5.73 Å². The van der Waals surface area contributed by atoms with E-state index in [4.69, 9.17) is 10.5 Å². The molecule has 4 nitrogen and oxygen atoms in total. The van der Waals surface area contributed by atoms with E-state index >= 15 is 0 Å². The number of hydrogen-bond donors (Lipinski definition) is 2. The van der Waals surface area contributed by atoms with E-state index in [1.165, 1.54) is 38.6 Å². The highest BCUT2D eigenvalue weighted by molar-refractivity contribution is 4.83. The van der Waals surface area contributed by atoms with Crippen LogP contribution in [-0.2, 0) is 4.74 Å². The summed E-state index contributed by atoms with van der Waals surface area (Å²) in [4.78, 5) is 2.49. The predicted molar refractivity (Wildman–Crippen MR) is 70.1 cm³/mol. The zero-order valence-electron chi connectivity index (χ0n) is 10.9. The molecule has 1 aliphatic heterocycles. The fourth-order valence-corrected chi connectivity index (χ4v) is 2.83. The van der Waals surface area contributed by atoms with E-state index in [1.807, 2.05) is 0 Å². The summed E-state index contributed by atoms with van der Waals surface area (Å²) in [6, 6.07) is 0.945. The van der Waals surface area contributed by atoms with Gasteiger partial charge in [0.05, 0.1) is 13.2 Å². The van der Waals surface area contributed by atoms with Crippen LogP contribution in [0.5, 0.6) is 0 Å². The zero-order valence-corrected chi connectivity index (χ0v) is 10.9. The predicted octanol–water partition coefficient (Wildman–Crippen LogP) is 0.568. The molecule has 17 heavy (non-hydrogen) atoms. The van der Waals surface area contributed by atoms with Crippen molar-refractivity contribution < 1.29 is 4.74 Å². The maximum Gasteiger partial charge on any atom is 0.0594 e. The topological polar surface area (TPSA) is 50.5 Å². The molecular weight excluding hydrogens is 214 g/mol. The van der Waals surface area contributed by atoms with Gasteiger partial charge in [-0.15, -0.1) is 0 Å². The number of nitrogens with one attached hydrogen (secondary N) is 1. The van der Waals surface area contributed by atoms with Gasteiger partial charge in [0.2, 0.25) is 0 Å². The van der Waals surface area contributed by atoms with Crippen molar-refractivity contribution >= 4 is 0 Å². The number of hydrogen-bond acceptors (Lipinski definition) is 4. The molecule has 0 aromatic rings. The molecule has 0 aromatic heterocycles. The van der Waals surface area contributed by atoms with Crippen molar-refractivity contribution in [3.05, 3.63) is 0 Å². The smallest absolute Gasteiger partial charge is 0.0594 e. The van der Waals surface area contributed by atoms with Crippen LogP contribution in [0.25, 0.3) is 0 Å². The third-order valence-corrected chi connectivity index (χ3v) is 3.98. The van der Waals surface area contributed by atoms with Crippen LogP contribution in [0.4, 0.5) is 0 Å². The van der Waals surface area contributed by atoms with E-state index in [0.29, 0.717) is 12.1 Å². The van der Waals surface area contributed by atoms with Crippen molar-refractivity contribution in [3.63, 3.8) is 0 Å². The molecule has 0 spiro atoms. The largest absolute Gasteiger partial charge is 0.379 e. The first-order chi connectivity index (χ1) is 8.36.